The minimum absolute atomic E-state index is 0.000750. The summed E-state index contributed by atoms with van der Waals surface area (Å²) in [7, 11) is -3.36. The van der Waals surface area contributed by atoms with Crippen LogP contribution in [-0.2, 0) is 27.1 Å². The molecule has 0 unspecified atom stereocenters. The van der Waals surface area contributed by atoms with Crippen molar-refractivity contribution in [2.45, 2.75) is 35.9 Å². The lowest BCUT2D eigenvalue weighted by molar-refractivity contribution is 0.0387. The Labute approximate surface area is 245 Å². The van der Waals surface area contributed by atoms with E-state index in [9.17, 15) is 26.7 Å². The Kier molecular flexibility index (Phi) is 9.15. The molecule has 15 heteroatoms. The lowest BCUT2D eigenvalue weighted by Crippen LogP contribution is -2.50. The maximum Gasteiger partial charge on any atom is 0.261 e. The summed E-state index contributed by atoms with van der Waals surface area (Å²) >= 11 is 0. The van der Waals surface area contributed by atoms with Crippen LogP contribution in [0.25, 0.3) is 0 Å². The van der Waals surface area contributed by atoms with Crippen molar-refractivity contribution >= 4 is 31.6 Å². The lowest BCUT2D eigenvalue weighted by Gasteiger charge is -2.38. The highest BCUT2D eigenvalue weighted by Gasteiger charge is 2.36. The van der Waals surface area contributed by atoms with E-state index >= 15 is 0 Å². The normalized spacial score (nSPS) is 18.5. The number of hydrogen-bond donors (Lipinski definition) is 2. The number of fused-ring (bicyclic) bond motifs is 1. The topological polar surface area (TPSA) is 160 Å². The number of amides is 1. The smallest absolute Gasteiger partial charge is 0.261 e. The monoisotopic (exact) mass is 621 g/mol. The first-order valence-electron chi connectivity index (χ1n) is 13.1. The summed E-state index contributed by atoms with van der Waals surface area (Å²) in [4.78, 5) is 19.1. The Hall–Kier alpha value is -3.66. The Bertz CT molecular complexity index is 1640. The summed E-state index contributed by atoms with van der Waals surface area (Å²) in [5.74, 6) is -0.150. The summed E-state index contributed by atoms with van der Waals surface area (Å²) in [6.45, 7) is 3.32. The molecule has 1 aliphatic heterocycles. The molecule has 13 nitrogen and oxygen atoms in total. The Morgan fingerprint density at radius 1 is 1.19 bits per heavy atom. The second kappa shape index (κ2) is 12.3. The van der Waals surface area contributed by atoms with E-state index in [4.69, 9.17) is 9.47 Å². The molecule has 0 fully saturated rings. The van der Waals surface area contributed by atoms with E-state index in [2.05, 4.69) is 9.71 Å². The van der Waals surface area contributed by atoms with Gasteiger partial charge in [0.1, 0.15) is 17.6 Å². The Balaban J connectivity index is 1.67. The third-order valence-corrected chi connectivity index (χ3v) is 10.2. The van der Waals surface area contributed by atoms with Crippen LogP contribution in [0.2, 0.25) is 0 Å². The van der Waals surface area contributed by atoms with Gasteiger partial charge < -0.3 is 24.0 Å². The average Bonchev–Trinajstić information content (AvgIpc) is 3.41. The van der Waals surface area contributed by atoms with Gasteiger partial charge in [0.25, 0.3) is 26.0 Å². The summed E-state index contributed by atoms with van der Waals surface area (Å²) in [5.41, 5.74) is 0.190. The van der Waals surface area contributed by atoms with Crippen LogP contribution in [0.5, 0.6) is 11.5 Å². The Morgan fingerprint density at radius 2 is 1.88 bits per heavy atom. The predicted molar refractivity (Wildman–Crippen MR) is 154 cm³/mol. The average molecular weight is 622 g/mol. The first-order valence-corrected chi connectivity index (χ1v) is 16.0. The number of aryl methyl sites for hydroxylation is 1. The number of nitrogens with one attached hydrogen (secondary N) is 1. The van der Waals surface area contributed by atoms with E-state index in [1.54, 1.807) is 14.0 Å². The first kappa shape index (κ1) is 31.3. The van der Waals surface area contributed by atoms with E-state index in [-0.39, 0.29) is 52.5 Å². The summed E-state index contributed by atoms with van der Waals surface area (Å²) in [5, 5.41) is 9.79. The lowest BCUT2D eigenvalue weighted by atomic mass is 9.99. The molecule has 4 rings (SSSR count). The van der Waals surface area contributed by atoms with Crippen LogP contribution in [0, 0.1) is 5.92 Å². The zero-order chi connectivity index (χ0) is 30.8. The third kappa shape index (κ3) is 6.53. The number of benzene rings is 2. The fraction of sp³-hybridized carbons (Fsp3) is 0.407. The molecule has 2 aromatic carbocycles. The molecule has 0 saturated carbocycles. The zero-order valence-corrected chi connectivity index (χ0v) is 25.6. The number of hydrogen-bond acceptors (Lipinski definition) is 9. The van der Waals surface area contributed by atoms with Crippen LogP contribution in [0.4, 0.5) is 5.69 Å². The van der Waals surface area contributed by atoms with Crippen LogP contribution in [0.15, 0.2) is 64.9 Å². The van der Waals surface area contributed by atoms with Gasteiger partial charge in [-0.15, -0.1) is 0 Å². The van der Waals surface area contributed by atoms with Gasteiger partial charge >= 0.3 is 0 Å². The number of ether oxygens (including phenoxy) is 2. The van der Waals surface area contributed by atoms with E-state index in [1.807, 2.05) is 6.92 Å². The number of nitrogens with zero attached hydrogens (tertiary/aromatic N) is 4. The molecule has 0 radical (unpaired) electrons. The molecule has 228 valence electrons. The fourth-order valence-corrected chi connectivity index (χ4v) is 6.70. The summed E-state index contributed by atoms with van der Waals surface area (Å²) in [6.07, 6.45) is 2.10. The van der Waals surface area contributed by atoms with Crippen molar-refractivity contribution < 1.29 is 36.2 Å². The zero-order valence-electron chi connectivity index (χ0n) is 24.0. The number of carbonyl (C=O) groups excluding carboxylic acids is 1. The molecule has 2 N–H and O–H groups in total. The minimum Gasteiger partial charge on any atom is -0.497 e. The van der Waals surface area contributed by atoms with Crippen molar-refractivity contribution in [3.8, 4) is 11.5 Å². The maximum atomic E-state index is 13.7. The molecule has 42 heavy (non-hydrogen) atoms. The third-order valence-electron chi connectivity index (χ3n) is 7.08. The molecule has 0 bridgehead atoms. The highest BCUT2D eigenvalue weighted by molar-refractivity contribution is 7.92. The Morgan fingerprint density at radius 3 is 2.48 bits per heavy atom. The van der Waals surface area contributed by atoms with Crippen LogP contribution >= 0.6 is 0 Å². The highest BCUT2D eigenvalue weighted by atomic mass is 32.2. The van der Waals surface area contributed by atoms with Crippen molar-refractivity contribution in [1.29, 1.82) is 0 Å². The number of anilines is 1. The van der Waals surface area contributed by atoms with Crippen LogP contribution in [0.1, 0.15) is 24.2 Å². The van der Waals surface area contributed by atoms with Gasteiger partial charge in [0, 0.05) is 38.4 Å². The van der Waals surface area contributed by atoms with Crippen molar-refractivity contribution in [3.05, 3.63) is 60.6 Å². The number of carbonyl (C=O) groups is 1. The van der Waals surface area contributed by atoms with Crippen LogP contribution < -0.4 is 14.2 Å². The number of aliphatic hydroxyl groups excluding tert-OH is 1. The van der Waals surface area contributed by atoms with E-state index in [1.165, 1.54) is 78.6 Å². The van der Waals surface area contributed by atoms with Gasteiger partial charge in [-0.25, -0.2) is 21.8 Å². The van der Waals surface area contributed by atoms with Gasteiger partial charge in [-0.1, -0.05) is 6.92 Å². The van der Waals surface area contributed by atoms with Crippen molar-refractivity contribution in [2.24, 2.45) is 13.0 Å². The fourth-order valence-electron chi connectivity index (χ4n) is 4.51. The number of aromatic nitrogens is 2. The van der Waals surface area contributed by atoms with E-state index in [0.717, 1.165) is 4.31 Å². The molecule has 3 aromatic rings. The standard InChI is InChI=1S/C27H35N5O8S2/c1-18-13-32(19(2)16-33)27(34)23-12-20(29-41(35,36)22-9-7-21(39-5)8-10-22)6-11-24(23)40-25(18)14-31(4)42(37,38)26-15-30(3)17-28-26/h6-12,15,17-19,25,29,33H,13-14,16H2,1-5H3/t18-,19+,25-/m0/s1. The van der Waals surface area contributed by atoms with Crippen molar-refractivity contribution in [3.63, 3.8) is 0 Å². The van der Waals surface area contributed by atoms with Gasteiger partial charge in [0.15, 0.2) is 5.03 Å². The number of rotatable bonds is 10. The van der Waals surface area contributed by atoms with Crippen molar-refractivity contribution in [1.82, 2.24) is 18.8 Å². The second-order valence-corrected chi connectivity index (χ2v) is 14.0. The van der Waals surface area contributed by atoms with Gasteiger partial charge in [0.05, 0.1) is 43.1 Å². The molecule has 1 aliphatic rings. The molecule has 1 aromatic heterocycles. The van der Waals surface area contributed by atoms with Gasteiger partial charge in [-0.05, 0) is 49.4 Å². The van der Waals surface area contributed by atoms with Gasteiger partial charge in [0.2, 0.25) is 0 Å². The SMILES string of the molecule is COc1ccc(S(=O)(=O)Nc2ccc3c(c2)C(=O)N([C@H](C)CO)C[C@H](C)[C@H](CN(C)S(=O)(=O)c2cn(C)cn2)O3)cc1. The molecule has 0 spiro atoms. The molecule has 3 atom stereocenters. The van der Waals surface area contributed by atoms with Gasteiger partial charge in [-0.3, -0.25) is 9.52 Å². The van der Waals surface area contributed by atoms with E-state index < -0.39 is 38.1 Å². The number of methoxy groups -OCH3 is 1. The first-order chi connectivity index (χ1) is 19.8. The largest absolute Gasteiger partial charge is 0.497 e. The summed E-state index contributed by atoms with van der Waals surface area (Å²) in [6, 6.07) is 9.58. The minimum atomic E-state index is -4.00. The molecular formula is C27H35N5O8S2. The van der Waals surface area contributed by atoms with Gasteiger partial charge in [-0.2, -0.15) is 4.31 Å². The molecular weight excluding hydrogens is 586 g/mol. The second-order valence-electron chi connectivity index (χ2n) is 10.3. The quantitative estimate of drug-likeness (QED) is 0.344. The van der Waals surface area contributed by atoms with Crippen LogP contribution in [0.3, 0.4) is 0 Å². The van der Waals surface area contributed by atoms with Crippen LogP contribution in [-0.4, -0.2) is 92.6 Å². The van der Waals surface area contributed by atoms with E-state index in [0.29, 0.717) is 5.75 Å². The highest BCUT2D eigenvalue weighted by Crippen LogP contribution is 2.32. The number of likely N-dealkylation sites (N-methyl/N-ethyl adjacent to an activating group) is 1. The number of aliphatic hydroxyl groups is 1. The predicted octanol–water partition coefficient (Wildman–Crippen LogP) is 1.77. The molecule has 1 amide bonds. The van der Waals surface area contributed by atoms with Crippen molar-refractivity contribution in [2.75, 3.05) is 38.6 Å². The number of imidazole rings is 1. The maximum absolute atomic E-state index is 13.7. The molecule has 0 saturated heterocycles. The number of sulfonamides is 2. The molecule has 0 aliphatic carbocycles. The summed E-state index contributed by atoms with van der Waals surface area (Å²) < 4.78 is 68.9. The molecule has 2 heterocycles.